The quantitative estimate of drug-likeness (QED) is 0.683. The Bertz CT molecular complexity index is 827. The molecule has 136 valence electrons. The molecule has 0 spiro atoms. The summed E-state index contributed by atoms with van der Waals surface area (Å²) in [6, 6.07) is 3.97. The van der Waals surface area contributed by atoms with Gasteiger partial charge in [-0.1, -0.05) is 0 Å². The normalized spacial score (nSPS) is 19.9. The molecule has 2 atom stereocenters. The van der Waals surface area contributed by atoms with E-state index in [-0.39, 0.29) is 6.10 Å². The van der Waals surface area contributed by atoms with E-state index >= 15 is 0 Å². The first-order chi connectivity index (χ1) is 12.9. The van der Waals surface area contributed by atoms with Crippen molar-refractivity contribution >= 4 is 0 Å². The second-order valence-electron chi connectivity index (χ2n) is 6.55. The van der Waals surface area contributed by atoms with Crippen LogP contribution in [0.25, 0.3) is 11.3 Å². The molecule has 0 radical (unpaired) electrons. The Morgan fingerprint density at radius 2 is 2.31 bits per heavy atom. The smallest absolute Gasteiger partial charge is 0.138 e. The average molecular weight is 352 g/mol. The van der Waals surface area contributed by atoms with E-state index in [1.54, 1.807) is 6.20 Å². The SMILES string of the molecule is CCn1ccnc1[C@@H]1OCC[C@H]1CNCc1cn[nH]c1-c1cccnc1. The molecular weight excluding hydrogens is 328 g/mol. The maximum atomic E-state index is 5.98. The molecule has 0 aromatic carbocycles. The molecule has 0 saturated carbocycles. The minimum absolute atomic E-state index is 0.0691. The predicted molar refractivity (Wildman–Crippen MR) is 98.2 cm³/mol. The topological polar surface area (TPSA) is 80.6 Å². The number of hydrogen-bond donors (Lipinski definition) is 2. The summed E-state index contributed by atoms with van der Waals surface area (Å²) in [4.78, 5) is 8.71. The number of aryl methyl sites for hydroxylation is 1. The second-order valence-corrected chi connectivity index (χ2v) is 6.55. The van der Waals surface area contributed by atoms with Crippen LogP contribution in [0.3, 0.4) is 0 Å². The Hall–Kier alpha value is -2.51. The fourth-order valence-electron chi connectivity index (χ4n) is 3.57. The van der Waals surface area contributed by atoms with E-state index in [1.165, 1.54) is 0 Å². The summed E-state index contributed by atoms with van der Waals surface area (Å²) < 4.78 is 8.15. The van der Waals surface area contributed by atoms with Crippen molar-refractivity contribution in [1.29, 1.82) is 0 Å². The number of hydrogen-bond acceptors (Lipinski definition) is 5. The fraction of sp³-hybridized carbons (Fsp3) is 0.421. The third-order valence-electron chi connectivity index (χ3n) is 4.95. The molecule has 1 saturated heterocycles. The molecule has 2 N–H and O–H groups in total. The highest BCUT2D eigenvalue weighted by Gasteiger charge is 2.32. The lowest BCUT2D eigenvalue weighted by Crippen LogP contribution is -2.26. The molecule has 3 aromatic heterocycles. The van der Waals surface area contributed by atoms with Crippen molar-refractivity contribution in [3.8, 4) is 11.3 Å². The molecule has 7 heteroatoms. The first kappa shape index (κ1) is 16.9. The van der Waals surface area contributed by atoms with Crippen LogP contribution >= 0.6 is 0 Å². The zero-order chi connectivity index (χ0) is 17.8. The summed E-state index contributed by atoms with van der Waals surface area (Å²) in [6.07, 6.45) is 10.5. The van der Waals surface area contributed by atoms with Crippen molar-refractivity contribution in [3.05, 3.63) is 54.5 Å². The average Bonchev–Trinajstić information content (AvgIpc) is 3.42. The Labute approximate surface area is 152 Å². The number of imidazole rings is 1. The van der Waals surface area contributed by atoms with Gasteiger partial charge in [0.05, 0.1) is 11.9 Å². The minimum atomic E-state index is 0.0691. The molecule has 1 fully saturated rings. The number of nitrogens with one attached hydrogen (secondary N) is 2. The van der Waals surface area contributed by atoms with E-state index < -0.39 is 0 Å². The number of ether oxygens (including phenoxy) is 1. The predicted octanol–water partition coefficient (Wildman–Crippen LogP) is 2.56. The number of aromatic nitrogens is 5. The number of rotatable bonds is 7. The first-order valence-corrected chi connectivity index (χ1v) is 9.12. The molecule has 26 heavy (non-hydrogen) atoms. The van der Waals surface area contributed by atoms with Crippen molar-refractivity contribution in [2.45, 2.75) is 32.5 Å². The number of H-pyrrole nitrogens is 1. The van der Waals surface area contributed by atoms with Gasteiger partial charge >= 0.3 is 0 Å². The van der Waals surface area contributed by atoms with Gasteiger partial charge in [-0.2, -0.15) is 5.10 Å². The van der Waals surface area contributed by atoms with Gasteiger partial charge in [0.2, 0.25) is 0 Å². The summed E-state index contributed by atoms with van der Waals surface area (Å²) in [5.74, 6) is 1.47. The number of aromatic amines is 1. The Morgan fingerprint density at radius 3 is 3.15 bits per heavy atom. The summed E-state index contributed by atoms with van der Waals surface area (Å²) in [5, 5.41) is 10.8. The van der Waals surface area contributed by atoms with Gasteiger partial charge in [-0.05, 0) is 25.5 Å². The lowest BCUT2D eigenvalue weighted by molar-refractivity contribution is 0.0804. The molecule has 1 aliphatic rings. The monoisotopic (exact) mass is 352 g/mol. The van der Waals surface area contributed by atoms with Crippen molar-refractivity contribution in [2.24, 2.45) is 5.92 Å². The van der Waals surface area contributed by atoms with Gasteiger partial charge in [-0.15, -0.1) is 0 Å². The van der Waals surface area contributed by atoms with Gasteiger partial charge < -0.3 is 14.6 Å². The second kappa shape index (κ2) is 7.80. The largest absolute Gasteiger partial charge is 0.370 e. The first-order valence-electron chi connectivity index (χ1n) is 9.12. The summed E-state index contributed by atoms with van der Waals surface area (Å²) in [7, 11) is 0. The molecule has 4 rings (SSSR count). The van der Waals surface area contributed by atoms with E-state index in [2.05, 4.69) is 37.0 Å². The molecule has 0 amide bonds. The fourth-order valence-corrected chi connectivity index (χ4v) is 3.57. The molecule has 4 heterocycles. The third kappa shape index (κ3) is 3.40. The van der Waals surface area contributed by atoms with Gasteiger partial charge in [0.25, 0.3) is 0 Å². The molecule has 0 bridgehead atoms. The van der Waals surface area contributed by atoms with Gasteiger partial charge in [0.15, 0.2) is 0 Å². The zero-order valence-electron chi connectivity index (χ0n) is 14.9. The summed E-state index contributed by atoms with van der Waals surface area (Å²) >= 11 is 0. The van der Waals surface area contributed by atoms with E-state index in [0.717, 1.165) is 55.3 Å². The van der Waals surface area contributed by atoms with Crippen LogP contribution < -0.4 is 5.32 Å². The third-order valence-corrected chi connectivity index (χ3v) is 4.95. The van der Waals surface area contributed by atoms with Crippen molar-refractivity contribution < 1.29 is 4.74 Å². The van der Waals surface area contributed by atoms with Crippen LogP contribution in [0.5, 0.6) is 0 Å². The number of nitrogens with zero attached hydrogens (tertiary/aromatic N) is 4. The van der Waals surface area contributed by atoms with E-state index in [4.69, 9.17) is 4.74 Å². The van der Waals surface area contributed by atoms with Gasteiger partial charge in [0.1, 0.15) is 11.9 Å². The Morgan fingerprint density at radius 1 is 1.35 bits per heavy atom. The maximum Gasteiger partial charge on any atom is 0.138 e. The van der Waals surface area contributed by atoms with Crippen LogP contribution in [0.2, 0.25) is 0 Å². The van der Waals surface area contributed by atoms with Crippen LogP contribution in [0.1, 0.15) is 30.8 Å². The van der Waals surface area contributed by atoms with Crippen LogP contribution in [-0.4, -0.2) is 37.9 Å². The van der Waals surface area contributed by atoms with Gasteiger partial charge in [-0.25, -0.2) is 4.98 Å². The number of pyridine rings is 1. The molecule has 3 aromatic rings. The van der Waals surface area contributed by atoms with Crippen molar-refractivity contribution in [2.75, 3.05) is 13.2 Å². The maximum absolute atomic E-state index is 5.98. The standard InChI is InChI=1S/C19H24N6O/c1-2-25-8-7-22-19(25)18-15(5-9-26-18)11-21-12-16-13-23-24-17(16)14-4-3-6-20-10-14/h3-4,6-8,10,13,15,18,21H,2,5,9,11-12H2,1H3,(H,23,24)/t15-,18+/m0/s1. The summed E-state index contributed by atoms with van der Waals surface area (Å²) in [6.45, 7) is 5.48. The van der Waals surface area contributed by atoms with Gasteiger partial charge in [0, 0.05) is 68.1 Å². The van der Waals surface area contributed by atoms with Crippen LogP contribution in [0.15, 0.2) is 43.1 Å². The van der Waals surface area contributed by atoms with Crippen molar-refractivity contribution in [1.82, 2.24) is 30.0 Å². The minimum Gasteiger partial charge on any atom is -0.370 e. The van der Waals surface area contributed by atoms with E-state index in [9.17, 15) is 0 Å². The molecule has 0 aliphatic carbocycles. The van der Waals surface area contributed by atoms with Crippen LogP contribution in [-0.2, 0) is 17.8 Å². The highest BCUT2D eigenvalue weighted by Crippen LogP contribution is 2.33. The highest BCUT2D eigenvalue weighted by atomic mass is 16.5. The molecular formula is C19H24N6O. The lowest BCUT2D eigenvalue weighted by Gasteiger charge is -2.19. The van der Waals surface area contributed by atoms with E-state index in [0.29, 0.717) is 5.92 Å². The van der Waals surface area contributed by atoms with Crippen LogP contribution in [0.4, 0.5) is 0 Å². The van der Waals surface area contributed by atoms with E-state index in [1.807, 2.05) is 36.9 Å². The Balaban J connectivity index is 1.39. The van der Waals surface area contributed by atoms with Gasteiger partial charge in [-0.3, -0.25) is 10.1 Å². The zero-order valence-corrected chi connectivity index (χ0v) is 14.9. The lowest BCUT2D eigenvalue weighted by atomic mass is 10.0. The molecule has 0 unspecified atom stereocenters. The van der Waals surface area contributed by atoms with Crippen molar-refractivity contribution in [3.63, 3.8) is 0 Å². The van der Waals surface area contributed by atoms with Crippen LogP contribution in [0, 0.1) is 5.92 Å². The molecule has 7 nitrogen and oxygen atoms in total. The summed E-state index contributed by atoms with van der Waals surface area (Å²) in [5.41, 5.74) is 3.21. The highest BCUT2D eigenvalue weighted by molar-refractivity contribution is 5.61. The Kier molecular flexibility index (Phi) is 5.08. The molecule has 1 aliphatic heterocycles.